The lowest BCUT2D eigenvalue weighted by Gasteiger charge is -2.06. The number of aryl methyl sites for hydroxylation is 1. The van der Waals surface area contributed by atoms with E-state index in [2.05, 4.69) is 15.3 Å². The van der Waals surface area contributed by atoms with Crippen molar-refractivity contribution >= 4 is 45.0 Å². The maximum Gasteiger partial charge on any atom is 0.320 e. The number of carbonyl (C=O) groups is 1. The van der Waals surface area contributed by atoms with Crippen molar-refractivity contribution in [3.8, 4) is 10.7 Å². The summed E-state index contributed by atoms with van der Waals surface area (Å²) < 4.78 is 28.3. The third-order valence-corrected chi connectivity index (χ3v) is 5.64. The monoisotopic (exact) mass is 432 g/mol. The van der Waals surface area contributed by atoms with E-state index in [-0.39, 0.29) is 18.2 Å². The molecular formula is C20H15ClF2N4OS. The average Bonchev–Trinajstić information content (AvgIpc) is 3.23. The Balaban J connectivity index is 1.61. The molecule has 0 atom stereocenters. The number of imidazole rings is 1. The van der Waals surface area contributed by atoms with Gasteiger partial charge >= 0.3 is 6.55 Å². The lowest BCUT2D eigenvalue weighted by molar-refractivity contribution is -0.115. The summed E-state index contributed by atoms with van der Waals surface area (Å²) in [6.07, 6.45) is 0.153. The van der Waals surface area contributed by atoms with Crippen molar-refractivity contribution in [1.29, 1.82) is 0 Å². The highest BCUT2D eigenvalue weighted by Gasteiger charge is 2.23. The fourth-order valence-electron chi connectivity index (χ4n) is 3.01. The first-order valence-corrected chi connectivity index (χ1v) is 9.89. The number of nitrogens with zero attached hydrogens (tertiary/aromatic N) is 3. The van der Waals surface area contributed by atoms with Crippen LogP contribution in [0.3, 0.4) is 0 Å². The third kappa shape index (κ3) is 3.99. The number of aromatic nitrogens is 3. The number of thiazole rings is 1. The number of hydrogen-bond donors (Lipinski definition) is 1. The largest absolute Gasteiger partial charge is 0.320 e. The molecule has 0 unspecified atom stereocenters. The maximum absolute atomic E-state index is 13.7. The molecule has 4 aromatic rings. The zero-order valence-electron chi connectivity index (χ0n) is 15.2. The molecule has 9 heteroatoms. The number of para-hydroxylation sites is 2. The van der Waals surface area contributed by atoms with Gasteiger partial charge in [0.15, 0.2) is 11.0 Å². The Morgan fingerprint density at radius 1 is 1.17 bits per heavy atom. The van der Waals surface area contributed by atoms with Gasteiger partial charge in [-0.1, -0.05) is 47.2 Å². The van der Waals surface area contributed by atoms with Crippen molar-refractivity contribution in [2.24, 2.45) is 0 Å². The first kappa shape index (κ1) is 19.5. The molecule has 2 aromatic heterocycles. The summed E-state index contributed by atoms with van der Waals surface area (Å²) in [5.74, 6) is -0.121. The molecule has 0 saturated carbocycles. The summed E-state index contributed by atoms with van der Waals surface area (Å²) in [6, 6.07) is 13.7. The SMILES string of the molecule is Cc1nc(NC(=O)Cc2ccc(Cl)cc2)sc1-c1nc2ccccc2n1C(F)F. The molecule has 0 aliphatic heterocycles. The lowest BCUT2D eigenvalue weighted by Crippen LogP contribution is -2.14. The number of anilines is 1. The highest BCUT2D eigenvalue weighted by molar-refractivity contribution is 7.19. The van der Waals surface area contributed by atoms with Crippen molar-refractivity contribution in [3.63, 3.8) is 0 Å². The second-order valence-corrected chi connectivity index (χ2v) is 7.79. The zero-order valence-corrected chi connectivity index (χ0v) is 16.8. The first-order chi connectivity index (χ1) is 13.9. The second kappa shape index (κ2) is 7.88. The smallest absolute Gasteiger partial charge is 0.302 e. The highest BCUT2D eigenvalue weighted by Crippen LogP contribution is 2.36. The van der Waals surface area contributed by atoms with Crippen LogP contribution in [-0.4, -0.2) is 20.4 Å². The third-order valence-electron chi connectivity index (χ3n) is 4.31. The summed E-state index contributed by atoms with van der Waals surface area (Å²) in [7, 11) is 0. The van der Waals surface area contributed by atoms with Gasteiger partial charge in [-0.25, -0.2) is 9.97 Å². The number of carbonyl (C=O) groups excluding carboxylic acids is 1. The Hall–Kier alpha value is -2.84. The highest BCUT2D eigenvalue weighted by atomic mass is 35.5. The number of alkyl halides is 2. The minimum absolute atomic E-state index is 0.134. The standard InChI is InChI=1S/C20H15ClF2N4OS/c1-11-17(18-25-14-4-2-3-5-15(14)27(18)19(22)23)29-20(24-11)26-16(28)10-12-6-8-13(21)9-7-12/h2-9,19H,10H2,1H3,(H,24,26,28). The first-order valence-electron chi connectivity index (χ1n) is 8.69. The van der Waals surface area contributed by atoms with E-state index in [1.54, 1.807) is 55.5 Å². The van der Waals surface area contributed by atoms with Gasteiger partial charge in [0.2, 0.25) is 5.91 Å². The topological polar surface area (TPSA) is 59.8 Å². The molecule has 1 amide bonds. The normalized spacial score (nSPS) is 11.3. The van der Waals surface area contributed by atoms with Crippen LogP contribution in [0.1, 0.15) is 17.8 Å². The minimum Gasteiger partial charge on any atom is -0.302 e. The molecule has 0 spiro atoms. The van der Waals surface area contributed by atoms with E-state index in [0.717, 1.165) is 21.5 Å². The quantitative estimate of drug-likeness (QED) is 0.440. The van der Waals surface area contributed by atoms with Crippen molar-refractivity contribution in [2.45, 2.75) is 19.9 Å². The number of fused-ring (bicyclic) bond motifs is 1. The van der Waals surface area contributed by atoms with Crippen LogP contribution in [0.5, 0.6) is 0 Å². The predicted octanol–water partition coefficient (Wildman–Crippen LogP) is 5.70. The molecule has 2 aromatic carbocycles. The van der Waals surface area contributed by atoms with Crippen LogP contribution in [0.25, 0.3) is 21.7 Å². The van der Waals surface area contributed by atoms with E-state index in [0.29, 0.717) is 31.8 Å². The fourth-order valence-corrected chi connectivity index (χ4v) is 4.11. The van der Waals surface area contributed by atoms with Gasteiger partial charge in [-0.15, -0.1) is 0 Å². The Bertz CT molecular complexity index is 1190. The molecule has 2 heterocycles. The van der Waals surface area contributed by atoms with E-state index in [9.17, 15) is 13.6 Å². The molecule has 1 N–H and O–H groups in total. The number of nitrogens with one attached hydrogen (secondary N) is 1. The van der Waals surface area contributed by atoms with Crippen LogP contribution in [0, 0.1) is 6.92 Å². The lowest BCUT2D eigenvalue weighted by atomic mass is 10.1. The fraction of sp³-hybridized carbons (Fsp3) is 0.150. The van der Waals surface area contributed by atoms with Gasteiger partial charge in [-0.05, 0) is 36.8 Å². The maximum atomic E-state index is 13.7. The molecule has 0 aliphatic rings. The van der Waals surface area contributed by atoms with Gasteiger partial charge < -0.3 is 5.32 Å². The van der Waals surface area contributed by atoms with E-state index < -0.39 is 6.55 Å². The predicted molar refractivity (Wildman–Crippen MR) is 111 cm³/mol. The molecule has 148 valence electrons. The second-order valence-electron chi connectivity index (χ2n) is 6.36. The van der Waals surface area contributed by atoms with Crippen LogP contribution in [0.4, 0.5) is 13.9 Å². The van der Waals surface area contributed by atoms with Crippen LogP contribution >= 0.6 is 22.9 Å². The van der Waals surface area contributed by atoms with Gasteiger partial charge in [0.1, 0.15) is 0 Å². The minimum atomic E-state index is -2.75. The van der Waals surface area contributed by atoms with Crippen molar-refractivity contribution in [2.75, 3.05) is 5.32 Å². The molecule has 0 radical (unpaired) electrons. The summed E-state index contributed by atoms with van der Waals surface area (Å²) in [5.41, 5.74) is 2.15. The Morgan fingerprint density at radius 2 is 1.90 bits per heavy atom. The Labute approximate surface area is 174 Å². The molecule has 0 bridgehead atoms. The Morgan fingerprint density at radius 3 is 2.62 bits per heavy atom. The molecule has 0 aliphatic carbocycles. The average molecular weight is 433 g/mol. The van der Waals surface area contributed by atoms with Crippen LogP contribution in [0.15, 0.2) is 48.5 Å². The summed E-state index contributed by atoms with van der Waals surface area (Å²) in [6.45, 7) is -1.04. The molecule has 0 saturated heterocycles. The van der Waals surface area contributed by atoms with Crippen molar-refractivity contribution in [1.82, 2.24) is 14.5 Å². The van der Waals surface area contributed by atoms with E-state index in [1.807, 2.05) is 0 Å². The zero-order chi connectivity index (χ0) is 20.5. The van der Waals surface area contributed by atoms with Gasteiger partial charge in [-0.3, -0.25) is 9.36 Å². The van der Waals surface area contributed by atoms with Gasteiger partial charge in [-0.2, -0.15) is 8.78 Å². The van der Waals surface area contributed by atoms with Crippen LogP contribution in [0.2, 0.25) is 5.02 Å². The van der Waals surface area contributed by atoms with Gasteiger partial charge in [0, 0.05) is 5.02 Å². The summed E-state index contributed by atoms with van der Waals surface area (Å²) in [5, 5.41) is 3.66. The molecule has 5 nitrogen and oxygen atoms in total. The van der Waals surface area contributed by atoms with Crippen molar-refractivity contribution in [3.05, 3.63) is 64.8 Å². The van der Waals surface area contributed by atoms with E-state index in [4.69, 9.17) is 11.6 Å². The summed E-state index contributed by atoms with van der Waals surface area (Å²) in [4.78, 5) is 21.5. The molecule has 4 rings (SSSR count). The molecular weight excluding hydrogens is 418 g/mol. The van der Waals surface area contributed by atoms with E-state index >= 15 is 0 Å². The van der Waals surface area contributed by atoms with Gasteiger partial charge in [0.05, 0.1) is 28.0 Å². The Kier molecular flexibility index (Phi) is 5.29. The number of hydrogen-bond acceptors (Lipinski definition) is 4. The van der Waals surface area contributed by atoms with Crippen LogP contribution < -0.4 is 5.32 Å². The number of benzene rings is 2. The van der Waals surface area contributed by atoms with E-state index in [1.165, 1.54) is 0 Å². The van der Waals surface area contributed by atoms with Crippen LogP contribution in [-0.2, 0) is 11.2 Å². The summed E-state index contributed by atoms with van der Waals surface area (Å²) >= 11 is 6.97. The van der Waals surface area contributed by atoms with Crippen molar-refractivity contribution < 1.29 is 13.6 Å². The molecule has 29 heavy (non-hydrogen) atoms. The van der Waals surface area contributed by atoms with Gasteiger partial charge in [0.25, 0.3) is 0 Å². The number of rotatable bonds is 5. The number of halogens is 3. The number of amides is 1. The molecule has 0 fully saturated rings.